The molecule has 5 nitrogen and oxygen atoms in total. The van der Waals surface area contributed by atoms with E-state index >= 15 is 0 Å². The van der Waals surface area contributed by atoms with Crippen LogP contribution in [0.1, 0.15) is 27.0 Å². The number of thiophene rings is 1. The number of hydrogen-bond donors (Lipinski definition) is 2. The molecule has 7 heteroatoms. The lowest BCUT2D eigenvalue weighted by Crippen LogP contribution is -2.26. The van der Waals surface area contributed by atoms with E-state index in [0.717, 1.165) is 26.6 Å². The zero-order chi connectivity index (χ0) is 20.0. The third kappa shape index (κ3) is 5.65. The van der Waals surface area contributed by atoms with Crippen LogP contribution in [0.3, 0.4) is 0 Å². The van der Waals surface area contributed by atoms with Crippen molar-refractivity contribution in [2.45, 2.75) is 19.1 Å². The minimum atomic E-state index is -3.39. The Kier molecular flexibility index (Phi) is 6.85. The molecule has 148 valence electrons. The molecule has 2 aromatic carbocycles. The van der Waals surface area contributed by atoms with Crippen molar-refractivity contribution in [3.8, 4) is 5.75 Å². The highest BCUT2D eigenvalue weighted by molar-refractivity contribution is 7.89. The van der Waals surface area contributed by atoms with Crippen LogP contribution in [0.2, 0.25) is 0 Å². The Balaban J connectivity index is 1.53. The number of hydrogen-bond acceptors (Lipinski definition) is 5. The largest absolute Gasteiger partial charge is 0.497 e. The molecule has 1 heterocycles. The van der Waals surface area contributed by atoms with Gasteiger partial charge in [0, 0.05) is 16.3 Å². The fourth-order valence-electron chi connectivity index (χ4n) is 2.73. The third-order valence-electron chi connectivity index (χ3n) is 4.35. The van der Waals surface area contributed by atoms with Crippen molar-refractivity contribution in [2.24, 2.45) is 0 Å². The van der Waals surface area contributed by atoms with Gasteiger partial charge >= 0.3 is 0 Å². The maximum Gasteiger partial charge on any atom is 0.212 e. The van der Waals surface area contributed by atoms with Gasteiger partial charge in [0.25, 0.3) is 0 Å². The van der Waals surface area contributed by atoms with E-state index in [1.165, 1.54) is 11.3 Å². The van der Waals surface area contributed by atoms with Gasteiger partial charge in [-0.2, -0.15) is 0 Å². The number of sulfonamides is 1. The molecule has 0 amide bonds. The van der Waals surface area contributed by atoms with Crippen LogP contribution in [-0.4, -0.2) is 26.4 Å². The molecule has 1 atom stereocenters. The first-order valence-electron chi connectivity index (χ1n) is 8.89. The molecule has 0 unspecified atom stereocenters. The quantitative estimate of drug-likeness (QED) is 0.559. The molecule has 0 fully saturated rings. The van der Waals surface area contributed by atoms with Gasteiger partial charge in [0.15, 0.2) is 0 Å². The molecule has 28 heavy (non-hydrogen) atoms. The van der Waals surface area contributed by atoms with Crippen molar-refractivity contribution in [2.75, 3.05) is 12.9 Å². The summed E-state index contributed by atoms with van der Waals surface area (Å²) in [7, 11) is -1.80. The predicted molar refractivity (Wildman–Crippen MR) is 112 cm³/mol. The lowest BCUT2D eigenvalue weighted by atomic mass is 10.1. The highest BCUT2D eigenvalue weighted by Crippen LogP contribution is 2.28. The number of aliphatic hydroxyl groups excluding tert-OH is 1. The summed E-state index contributed by atoms with van der Waals surface area (Å²) in [6.07, 6.45) is -0.270. The zero-order valence-corrected chi connectivity index (χ0v) is 17.2. The van der Waals surface area contributed by atoms with Crippen LogP contribution < -0.4 is 9.46 Å². The Morgan fingerprint density at radius 2 is 1.75 bits per heavy atom. The Morgan fingerprint density at radius 1 is 1.04 bits per heavy atom. The summed E-state index contributed by atoms with van der Waals surface area (Å²) < 4.78 is 32.3. The van der Waals surface area contributed by atoms with Crippen molar-refractivity contribution < 1.29 is 18.3 Å². The highest BCUT2D eigenvalue weighted by atomic mass is 32.2. The molecule has 1 aromatic heterocycles. The van der Waals surface area contributed by atoms with Crippen molar-refractivity contribution >= 4 is 21.4 Å². The molecule has 0 radical (unpaired) electrons. The molecule has 0 aliphatic carbocycles. The van der Waals surface area contributed by atoms with Crippen LogP contribution in [0.25, 0.3) is 0 Å². The Hall–Kier alpha value is -2.19. The summed E-state index contributed by atoms with van der Waals surface area (Å²) in [5, 5.41) is 10.4. The molecular formula is C21H23NO4S2. The molecule has 3 aromatic rings. The molecule has 0 spiro atoms. The standard InChI is InChI=1S/C21H23NO4S2/c1-26-18-9-7-16(8-10-18)13-14-28(24,25)22-15-19-11-12-20(27-19)21(23)17-5-3-2-4-6-17/h2-12,21-23H,13-15H2,1H3/t21-/m0/s1. The van der Waals surface area contributed by atoms with Crippen molar-refractivity contribution in [1.82, 2.24) is 4.72 Å². The number of methoxy groups -OCH3 is 1. The first kappa shape index (κ1) is 20.5. The van der Waals surface area contributed by atoms with Gasteiger partial charge in [-0.25, -0.2) is 13.1 Å². The van der Waals surface area contributed by atoms with Gasteiger partial charge < -0.3 is 9.84 Å². The number of aliphatic hydroxyl groups is 1. The van der Waals surface area contributed by atoms with Crippen LogP contribution in [0.5, 0.6) is 5.75 Å². The molecule has 0 bridgehead atoms. The van der Waals surface area contributed by atoms with Crippen molar-refractivity contribution in [1.29, 1.82) is 0 Å². The third-order valence-corrected chi connectivity index (χ3v) is 6.82. The summed E-state index contributed by atoms with van der Waals surface area (Å²) in [5.41, 5.74) is 1.76. The van der Waals surface area contributed by atoms with Gasteiger partial charge in [0.05, 0.1) is 12.9 Å². The molecule has 3 rings (SSSR count). The second-order valence-electron chi connectivity index (χ2n) is 6.36. The molecular weight excluding hydrogens is 394 g/mol. The van der Waals surface area contributed by atoms with Gasteiger partial charge in [0.1, 0.15) is 11.9 Å². The molecule has 0 aliphatic heterocycles. The van der Waals surface area contributed by atoms with Crippen molar-refractivity contribution in [3.63, 3.8) is 0 Å². The first-order chi connectivity index (χ1) is 13.5. The number of ether oxygens (including phenoxy) is 1. The SMILES string of the molecule is COc1ccc(CCS(=O)(=O)NCc2ccc([C@@H](O)c3ccccc3)s2)cc1. The summed E-state index contributed by atoms with van der Waals surface area (Å²) in [5.74, 6) is 0.764. The number of nitrogens with one attached hydrogen (secondary N) is 1. The number of benzene rings is 2. The van der Waals surface area contributed by atoms with E-state index in [0.29, 0.717) is 6.42 Å². The number of aryl methyl sites for hydroxylation is 1. The lowest BCUT2D eigenvalue weighted by Gasteiger charge is -2.08. The van der Waals surface area contributed by atoms with E-state index in [4.69, 9.17) is 4.74 Å². The number of rotatable bonds is 9. The van der Waals surface area contributed by atoms with E-state index in [2.05, 4.69) is 4.72 Å². The minimum absolute atomic E-state index is 0.0181. The van der Waals surface area contributed by atoms with Gasteiger partial charge in [-0.3, -0.25) is 0 Å². The van der Waals surface area contributed by atoms with Gasteiger partial charge in [-0.1, -0.05) is 42.5 Å². The average Bonchev–Trinajstić information content (AvgIpc) is 3.20. The monoisotopic (exact) mass is 417 g/mol. The topological polar surface area (TPSA) is 75.6 Å². The first-order valence-corrected chi connectivity index (χ1v) is 11.4. The normalized spacial score (nSPS) is 12.6. The second kappa shape index (κ2) is 9.34. The summed E-state index contributed by atoms with van der Waals surface area (Å²) in [6.45, 7) is 0.219. The van der Waals surface area contributed by atoms with Crippen LogP contribution in [0.15, 0.2) is 66.7 Å². The predicted octanol–water partition coefficient (Wildman–Crippen LogP) is 3.50. The van der Waals surface area contributed by atoms with E-state index in [1.54, 1.807) is 7.11 Å². The Morgan fingerprint density at radius 3 is 2.43 bits per heavy atom. The maximum atomic E-state index is 12.3. The molecule has 0 saturated carbocycles. The van der Waals surface area contributed by atoms with Crippen LogP contribution in [-0.2, 0) is 23.0 Å². The summed E-state index contributed by atoms with van der Waals surface area (Å²) in [4.78, 5) is 1.65. The summed E-state index contributed by atoms with van der Waals surface area (Å²) in [6, 6.07) is 20.4. The van der Waals surface area contributed by atoms with Crippen molar-refractivity contribution in [3.05, 3.63) is 87.6 Å². The molecule has 0 aliphatic rings. The van der Waals surface area contributed by atoms with Gasteiger partial charge in [0.2, 0.25) is 10.0 Å². The minimum Gasteiger partial charge on any atom is -0.497 e. The average molecular weight is 418 g/mol. The Labute approximate surface area is 169 Å². The van der Waals surface area contributed by atoms with Gasteiger partial charge in [-0.05, 0) is 41.8 Å². The molecule has 0 saturated heterocycles. The van der Waals surface area contributed by atoms with E-state index < -0.39 is 16.1 Å². The van der Waals surface area contributed by atoms with Crippen LogP contribution in [0.4, 0.5) is 0 Å². The maximum absolute atomic E-state index is 12.3. The van der Waals surface area contributed by atoms with Crippen LogP contribution in [0, 0.1) is 0 Å². The van der Waals surface area contributed by atoms with Gasteiger partial charge in [-0.15, -0.1) is 11.3 Å². The van der Waals surface area contributed by atoms with E-state index in [-0.39, 0.29) is 12.3 Å². The van der Waals surface area contributed by atoms with E-state index in [9.17, 15) is 13.5 Å². The smallest absolute Gasteiger partial charge is 0.212 e. The lowest BCUT2D eigenvalue weighted by molar-refractivity contribution is 0.224. The fraction of sp³-hybridized carbons (Fsp3) is 0.238. The zero-order valence-electron chi connectivity index (χ0n) is 15.5. The van der Waals surface area contributed by atoms with Crippen LogP contribution >= 0.6 is 11.3 Å². The highest BCUT2D eigenvalue weighted by Gasteiger charge is 2.15. The Bertz CT molecular complexity index is 983. The molecule has 2 N–H and O–H groups in total. The second-order valence-corrected chi connectivity index (χ2v) is 9.48. The van der Waals surface area contributed by atoms with E-state index in [1.807, 2.05) is 66.7 Å². The fourth-order valence-corrected chi connectivity index (χ4v) is 4.82. The summed E-state index contributed by atoms with van der Waals surface area (Å²) >= 11 is 1.40.